The quantitative estimate of drug-likeness (QED) is 0.429. The van der Waals surface area contributed by atoms with Crippen molar-refractivity contribution in [2.24, 2.45) is 16.6 Å². The molecule has 1 aromatic heterocycles. The van der Waals surface area contributed by atoms with Gasteiger partial charge in [0.05, 0.1) is 0 Å². The standard InChI is InChI=1S/C18H23N5.HI/c19-18(22-17-8-4-5-10-20-17)21-12-16-9-11-23(14-16)13-15-6-2-1-3-7-15;/h1-8,10,16H,9,11-14H2,(H3,19,20,21,22);1H. The number of pyridine rings is 1. The van der Waals surface area contributed by atoms with Crippen LogP contribution in [0.3, 0.4) is 0 Å². The number of nitrogens with two attached hydrogens (primary N) is 1. The Labute approximate surface area is 160 Å². The summed E-state index contributed by atoms with van der Waals surface area (Å²) in [4.78, 5) is 11.1. The second kappa shape index (κ2) is 9.58. The van der Waals surface area contributed by atoms with E-state index < -0.39 is 0 Å². The molecule has 5 nitrogen and oxygen atoms in total. The molecule has 0 saturated carbocycles. The number of halogens is 1. The van der Waals surface area contributed by atoms with Gasteiger partial charge >= 0.3 is 0 Å². The van der Waals surface area contributed by atoms with Crippen LogP contribution in [0.5, 0.6) is 0 Å². The van der Waals surface area contributed by atoms with Gasteiger partial charge in [0, 0.05) is 25.8 Å². The summed E-state index contributed by atoms with van der Waals surface area (Å²) >= 11 is 0. The summed E-state index contributed by atoms with van der Waals surface area (Å²) in [5, 5.41) is 3.02. The van der Waals surface area contributed by atoms with E-state index in [1.165, 1.54) is 12.0 Å². The highest BCUT2D eigenvalue weighted by Gasteiger charge is 2.22. The van der Waals surface area contributed by atoms with Crippen molar-refractivity contribution in [2.45, 2.75) is 13.0 Å². The third-order valence-electron chi connectivity index (χ3n) is 4.06. The fraction of sp³-hybridized carbons (Fsp3) is 0.333. The Bertz CT molecular complexity index is 632. The number of benzene rings is 1. The minimum atomic E-state index is 0. The molecule has 1 aliphatic heterocycles. The van der Waals surface area contributed by atoms with Crippen molar-refractivity contribution < 1.29 is 0 Å². The number of nitrogens with one attached hydrogen (secondary N) is 1. The monoisotopic (exact) mass is 437 g/mol. The van der Waals surface area contributed by atoms with E-state index in [4.69, 9.17) is 5.73 Å². The van der Waals surface area contributed by atoms with Gasteiger partial charge in [0.2, 0.25) is 0 Å². The minimum Gasteiger partial charge on any atom is -0.370 e. The smallest absolute Gasteiger partial charge is 0.194 e. The molecule has 0 bridgehead atoms. The first kappa shape index (κ1) is 18.7. The highest BCUT2D eigenvalue weighted by molar-refractivity contribution is 14.0. The average Bonchev–Trinajstić information content (AvgIpc) is 3.02. The molecule has 3 rings (SSSR count). The highest BCUT2D eigenvalue weighted by atomic mass is 127. The number of aliphatic imine (C=N–C) groups is 1. The van der Waals surface area contributed by atoms with E-state index in [9.17, 15) is 0 Å². The number of rotatable bonds is 5. The number of aromatic nitrogens is 1. The molecular formula is C18H24IN5. The largest absolute Gasteiger partial charge is 0.370 e. The van der Waals surface area contributed by atoms with Gasteiger partial charge in [-0.25, -0.2) is 4.98 Å². The fourth-order valence-electron chi connectivity index (χ4n) is 2.88. The van der Waals surface area contributed by atoms with Gasteiger partial charge in [-0.2, -0.15) is 0 Å². The number of nitrogens with zero attached hydrogens (tertiary/aromatic N) is 3. The van der Waals surface area contributed by atoms with Gasteiger partial charge in [0.15, 0.2) is 5.96 Å². The average molecular weight is 437 g/mol. The van der Waals surface area contributed by atoms with Crippen LogP contribution >= 0.6 is 24.0 Å². The van der Waals surface area contributed by atoms with Crippen molar-refractivity contribution in [3.8, 4) is 0 Å². The van der Waals surface area contributed by atoms with Crippen molar-refractivity contribution in [2.75, 3.05) is 25.0 Å². The molecule has 2 aromatic rings. The van der Waals surface area contributed by atoms with E-state index >= 15 is 0 Å². The van der Waals surface area contributed by atoms with Gasteiger partial charge in [-0.15, -0.1) is 24.0 Å². The predicted octanol–water partition coefficient (Wildman–Crippen LogP) is 2.95. The number of anilines is 1. The Morgan fingerprint density at radius 2 is 2.00 bits per heavy atom. The molecule has 0 amide bonds. The maximum atomic E-state index is 5.93. The molecule has 0 aliphatic carbocycles. The normalized spacial score (nSPS) is 18.2. The Hall–Kier alpha value is -1.67. The Morgan fingerprint density at radius 1 is 1.21 bits per heavy atom. The summed E-state index contributed by atoms with van der Waals surface area (Å²) < 4.78 is 0. The molecule has 1 aliphatic rings. The summed E-state index contributed by atoms with van der Waals surface area (Å²) in [5.74, 6) is 1.74. The molecule has 3 N–H and O–H groups in total. The molecule has 128 valence electrons. The molecule has 2 heterocycles. The predicted molar refractivity (Wildman–Crippen MR) is 110 cm³/mol. The van der Waals surface area contributed by atoms with Gasteiger partial charge < -0.3 is 11.1 Å². The first-order valence-corrected chi connectivity index (χ1v) is 8.04. The summed E-state index contributed by atoms with van der Waals surface area (Å²) in [6, 6.07) is 16.3. The van der Waals surface area contributed by atoms with Gasteiger partial charge in [-0.1, -0.05) is 36.4 Å². The van der Waals surface area contributed by atoms with E-state index in [2.05, 4.69) is 50.5 Å². The van der Waals surface area contributed by atoms with Crippen molar-refractivity contribution in [3.63, 3.8) is 0 Å². The van der Waals surface area contributed by atoms with Crippen LogP contribution in [0.4, 0.5) is 5.82 Å². The van der Waals surface area contributed by atoms with Crippen LogP contribution in [0, 0.1) is 5.92 Å². The zero-order chi connectivity index (χ0) is 15.9. The first-order valence-electron chi connectivity index (χ1n) is 8.04. The lowest BCUT2D eigenvalue weighted by Crippen LogP contribution is -2.25. The second-order valence-electron chi connectivity index (χ2n) is 5.94. The highest BCUT2D eigenvalue weighted by Crippen LogP contribution is 2.18. The van der Waals surface area contributed by atoms with Gasteiger partial charge in [-0.3, -0.25) is 9.89 Å². The van der Waals surface area contributed by atoms with Crippen LogP contribution in [0.15, 0.2) is 59.7 Å². The molecule has 1 fully saturated rings. The van der Waals surface area contributed by atoms with E-state index in [1.54, 1.807) is 6.20 Å². The molecule has 0 spiro atoms. The molecule has 1 unspecified atom stereocenters. The van der Waals surface area contributed by atoms with Crippen LogP contribution in [0.1, 0.15) is 12.0 Å². The molecule has 6 heteroatoms. The van der Waals surface area contributed by atoms with Crippen LogP contribution in [0.25, 0.3) is 0 Å². The Balaban J connectivity index is 0.00000208. The van der Waals surface area contributed by atoms with E-state index in [0.717, 1.165) is 32.0 Å². The zero-order valence-electron chi connectivity index (χ0n) is 13.6. The second-order valence-corrected chi connectivity index (χ2v) is 5.94. The Morgan fingerprint density at radius 3 is 2.75 bits per heavy atom. The number of hydrogen-bond acceptors (Lipinski definition) is 3. The third-order valence-corrected chi connectivity index (χ3v) is 4.06. The van der Waals surface area contributed by atoms with Crippen LogP contribution in [-0.2, 0) is 6.54 Å². The first-order chi connectivity index (χ1) is 11.3. The van der Waals surface area contributed by atoms with Crippen LogP contribution in [0.2, 0.25) is 0 Å². The summed E-state index contributed by atoms with van der Waals surface area (Å²) in [6.07, 6.45) is 2.90. The molecule has 24 heavy (non-hydrogen) atoms. The van der Waals surface area contributed by atoms with Crippen molar-refractivity contribution >= 4 is 35.8 Å². The molecule has 1 atom stereocenters. The van der Waals surface area contributed by atoms with E-state index in [0.29, 0.717) is 11.9 Å². The lowest BCUT2D eigenvalue weighted by molar-refractivity contribution is 0.318. The van der Waals surface area contributed by atoms with Crippen LogP contribution < -0.4 is 11.1 Å². The third kappa shape index (κ3) is 5.76. The van der Waals surface area contributed by atoms with Crippen LogP contribution in [-0.4, -0.2) is 35.5 Å². The molecule has 1 saturated heterocycles. The lowest BCUT2D eigenvalue weighted by Gasteiger charge is -2.15. The topological polar surface area (TPSA) is 66.5 Å². The molecule has 0 radical (unpaired) electrons. The summed E-state index contributed by atoms with van der Waals surface area (Å²) in [6.45, 7) is 3.98. The van der Waals surface area contributed by atoms with Gasteiger partial charge in [0.1, 0.15) is 5.82 Å². The summed E-state index contributed by atoms with van der Waals surface area (Å²) in [5.41, 5.74) is 7.30. The van der Waals surface area contributed by atoms with E-state index in [1.807, 2.05) is 18.2 Å². The van der Waals surface area contributed by atoms with Crippen molar-refractivity contribution in [1.29, 1.82) is 0 Å². The maximum Gasteiger partial charge on any atom is 0.194 e. The number of guanidine groups is 1. The zero-order valence-corrected chi connectivity index (χ0v) is 16.0. The Kier molecular flexibility index (Phi) is 7.45. The molecule has 1 aromatic carbocycles. The summed E-state index contributed by atoms with van der Waals surface area (Å²) in [7, 11) is 0. The maximum absolute atomic E-state index is 5.93. The van der Waals surface area contributed by atoms with Crippen molar-refractivity contribution in [1.82, 2.24) is 9.88 Å². The minimum absolute atomic E-state index is 0. The lowest BCUT2D eigenvalue weighted by atomic mass is 10.1. The van der Waals surface area contributed by atoms with E-state index in [-0.39, 0.29) is 24.0 Å². The van der Waals surface area contributed by atoms with Gasteiger partial charge in [-0.05, 0) is 36.6 Å². The fourth-order valence-corrected chi connectivity index (χ4v) is 2.88. The number of hydrogen-bond donors (Lipinski definition) is 2. The SMILES string of the molecule is I.NC(=NCC1CCN(Cc2ccccc2)C1)Nc1ccccn1. The molecular weight excluding hydrogens is 413 g/mol. The number of likely N-dealkylation sites (tertiary alicyclic amines) is 1. The van der Waals surface area contributed by atoms with Gasteiger partial charge in [0.25, 0.3) is 0 Å². The van der Waals surface area contributed by atoms with Crippen molar-refractivity contribution in [3.05, 3.63) is 60.3 Å².